The monoisotopic (exact) mass is 260 g/mol. The van der Waals surface area contributed by atoms with Crippen molar-refractivity contribution in [3.05, 3.63) is 29.8 Å². The minimum Gasteiger partial charge on any atom is -0.338 e. The number of carbonyl (C=O) groups is 1. The molecule has 0 radical (unpaired) electrons. The van der Waals surface area contributed by atoms with Crippen molar-refractivity contribution >= 4 is 11.7 Å². The minimum atomic E-state index is -0.0975. The molecular formula is C16H24N2O. The van der Waals surface area contributed by atoms with Crippen molar-refractivity contribution in [1.82, 2.24) is 5.32 Å². The van der Waals surface area contributed by atoms with Crippen LogP contribution in [-0.2, 0) is 0 Å². The van der Waals surface area contributed by atoms with E-state index < -0.39 is 0 Å². The Hall–Kier alpha value is -1.51. The first kappa shape index (κ1) is 13.9. The molecule has 2 rings (SSSR count). The second kappa shape index (κ2) is 7.17. The van der Waals surface area contributed by atoms with E-state index in [9.17, 15) is 4.79 Å². The first-order valence-electron chi connectivity index (χ1n) is 7.35. The molecule has 1 saturated carbocycles. The van der Waals surface area contributed by atoms with Crippen molar-refractivity contribution in [2.75, 3.05) is 11.9 Å². The number of aryl methyl sites for hydroxylation is 1. The summed E-state index contributed by atoms with van der Waals surface area (Å²) in [6.07, 6.45) is 7.89. The molecule has 19 heavy (non-hydrogen) atoms. The summed E-state index contributed by atoms with van der Waals surface area (Å²) in [5, 5.41) is 5.80. The van der Waals surface area contributed by atoms with Crippen LogP contribution in [0.2, 0.25) is 0 Å². The maximum Gasteiger partial charge on any atom is 0.319 e. The van der Waals surface area contributed by atoms with Crippen molar-refractivity contribution in [2.45, 2.75) is 45.4 Å². The molecule has 1 aromatic rings. The molecule has 2 N–H and O–H groups in total. The molecular weight excluding hydrogens is 236 g/mol. The van der Waals surface area contributed by atoms with Gasteiger partial charge in [-0.3, -0.25) is 0 Å². The topological polar surface area (TPSA) is 41.1 Å². The number of urea groups is 1. The van der Waals surface area contributed by atoms with Gasteiger partial charge in [0.05, 0.1) is 0 Å². The molecule has 0 unspecified atom stereocenters. The van der Waals surface area contributed by atoms with Gasteiger partial charge in [-0.05, 0) is 31.4 Å². The molecule has 1 fully saturated rings. The maximum absolute atomic E-state index is 11.7. The van der Waals surface area contributed by atoms with E-state index in [0.29, 0.717) is 0 Å². The first-order valence-corrected chi connectivity index (χ1v) is 7.35. The summed E-state index contributed by atoms with van der Waals surface area (Å²) in [6, 6.07) is 7.75. The van der Waals surface area contributed by atoms with Gasteiger partial charge in [0, 0.05) is 12.2 Å². The molecule has 0 bridgehead atoms. The summed E-state index contributed by atoms with van der Waals surface area (Å²) in [5.74, 6) is 0.813. The number of hydrogen-bond acceptors (Lipinski definition) is 1. The van der Waals surface area contributed by atoms with Crippen molar-refractivity contribution in [2.24, 2.45) is 5.92 Å². The van der Waals surface area contributed by atoms with Crippen molar-refractivity contribution in [3.63, 3.8) is 0 Å². The summed E-state index contributed by atoms with van der Waals surface area (Å²) in [4.78, 5) is 11.7. The lowest BCUT2D eigenvalue weighted by Gasteiger charge is -2.21. The highest BCUT2D eigenvalue weighted by Gasteiger charge is 2.13. The molecule has 0 saturated heterocycles. The van der Waals surface area contributed by atoms with E-state index in [4.69, 9.17) is 0 Å². The van der Waals surface area contributed by atoms with Crippen LogP contribution >= 0.6 is 0 Å². The van der Waals surface area contributed by atoms with Gasteiger partial charge < -0.3 is 10.6 Å². The number of benzene rings is 1. The van der Waals surface area contributed by atoms with Gasteiger partial charge in [0.1, 0.15) is 0 Å². The average Bonchev–Trinajstić information content (AvgIpc) is 2.43. The fourth-order valence-corrected chi connectivity index (χ4v) is 2.68. The van der Waals surface area contributed by atoms with Crippen LogP contribution in [0.15, 0.2) is 24.3 Å². The Morgan fingerprint density at radius 1 is 1.16 bits per heavy atom. The Morgan fingerprint density at radius 3 is 2.53 bits per heavy atom. The molecule has 3 nitrogen and oxygen atoms in total. The Bertz CT molecular complexity index is 394. The number of carbonyl (C=O) groups excluding carboxylic acids is 1. The molecule has 1 aliphatic rings. The SMILES string of the molecule is Cc1ccc(NC(=O)NCCC2CCCCC2)cc1. The molecule has 0 aromatic heterocycles. The zero-order valence-corrected chi connectivity index (χ0v) is 11.7. The van der Waals surface area contributed by atoms with E-state index in [1.54, 1.807) is 0 Å². The van der Waals surface area contributed by atoms with Gasteiger partial charge in [-0.1, -0.05) is 49.8 Å². The van der Waals surface area contributed by atoms with Crippen LogP contribution in [-0.4, -0.2) is 12.6 Å². The summed E-state index contributed by atoms with van der Waals surface area (Å²) in [7, 11) is 0. The van der Waals surface area contributed by atoms with Crippen molar-refractivity contribution < 1.29 is 4.79 Å². The van der Waals surface area contributed by atoms with Crippen LogP contribution in [0.3, 0.4) is 0 Å². The average molecular weight is 260 g/mol. The molecule has 104 valence electrons. The highest BCUT2D eigenvalue weighted by atomic mass is 16.2. The lowest BCUT2D eigenvalue weighted by Crippen LogP contribution is -2.30. The van der Waals surface area contributed by atoms with E-state index >= 15 is 0 Å². The van der Waals surface area contributed by atoms with Gasteiger partial charge in [-0.2, -0.15) is 0 Å². The summed E-state index contributed by atoms with van der Waals surface area (Å²) >= 11 is 0. The number of amides is 2. The number of rotatable bonds is 4. The number of nitrogens with one attached hydrogen (secondary N) is 2. The predicted octanol–water partition coefficient (Wildman–Crippen LogP) is 4.09. The van der Waals surface area contributed by atoms with Crippen LogP contribution in [0.1, 0.15) is 44.1 Å². The summed E-state index contributed by atoms with van der Waals surface area (Å²) in [5.41, 5.74) is 2.05. The summed E-state index contributed by atoms with van der Waals surface area (Å²) < 4.78 is 0. The molecule has 0 atom stereocenters. The van der Waals surface area contributed by atoms with Crippen LogP contribution in [0, 0.1) is 12.8 Å². The quantitative estimate of drug-likeness (QED) is 0.841. The molecule has 0 heterocycles. The lowest BCUT2D eigenvalue weighted by atomic mass is 9.87. The minimum absolute atomic E-state index is 0.0975. The second-order valence-corrected chi connectivity index (χ2v) is 5.54. The van der Waals surface area contributed by atoms with Gasteiger partial charge in [0.15, 0.2) is 0 Å². The largest absolute Gasteiger partial charge is 0.338 e. The third-order valence-electron chi connectivity index (χ3n) is 3.87. The van der Waals surface area contributed by atoms with E-state index in [1.165, 1.54) is 37.7 Å². The normalized spacial score (nSPS) is 16.1. The Morgan fingerprint density at radius 2 is 1.84 bits per heavy atom. The van der Waals surface area contributed by atoms with Gasteiger partial charge >= 0.3 is 6.03 Å². The molecule has 3 heteroatoms. The molecule has 1 aromatic carbocycles. The number of anilines is 1. The smallest absolute Gasteiger partial charge is 0.319 e. The zero-order chi connectivity index (χ0) is 13.5. The van der Waals surface area contributed by atoms with E-state index in [2.05, 4.69) is 10.6 Å². The predicted molar refractivity (Wildman–Crippen MR) is 79.4 cm³/mol. The zero-order valence-electron chi connectivity index (χ0n) is 11.7. The maximum atomic E-state index is 11.7. The fraction of sp³-hybridized carbons (Fsp3) is 0.562. The molecule has 2 amide bonds. The molecule has 1 aliphatic carbocycles. The standard InChI is InChI=1S/C16H24N2O/c1-13-7-9-15(10-8-13)18-16(19)17-12-11-14-5-3-2-4-6-14/h7-10,14H,2-6,11-12H2,1H3,(H2,17,18,19). The van der Waals surface area contributed by atoms with Crippen LogP contribution in [0.4, 0.5) is 10.5 Å². The van der Waals surface area contributed by atoms with Gasteiger partial charge in [-0.25, -0.2) is 4.79 Å². The Kier molecular flexibility index (Phi) is 5.25. The van der Waals surface area contributed by atoms with Crippen LogP contribution in [0.25, 0.3) is 0 Å². The molecule has 0 spiro atoms. The number of hydrogen-bond donors (Lipinski definition) is 2. The highest BCUT2D eigenvalue weighted by Crippen LogP contribution is 2.25. The first-order chi connectivity index (χ1) is 9.24. The second-order valence-electron chi connectivity index (χ2n) is 5.54. The third kappa shape index (κ3) is 4.93. The van der Waals surface area contributed by atoms with Crippen molar-refractivity contribution in [3.8, 4) is 0 Å². The van der Waals surface area contributed by atoms with Crippen LogP contribution < -0.4 is 10.6 Å². The van der Waals surface area contributed by atoms with E-state index in [1.807, 2.05) is 31.2 Å². The fourth-order valence-electron chi connectivity index (χ4n) is 2.68. The Labute approximate surface area is 115 Å². The van der Waals surface area contributed by atoms with Gasteiger partial charge in [-0.15, -0.1) is 0 Å². The third-order valence-corrected chi connectivity index (χ3v) is 3.87. The highest BCUT2D eigenvalue weighted by molar-refractivity contribution is 5.89. The summed E-state index contributed by atoms with van der Waals surface area (Å²) in [6.45, 7) is 2.82. The van der Waals surface area contributed by atoms with Gasteiger partial charge in [0.25, 0.3) is 0 Å². The van der Waals surface area contributed by atoms with E-state index in [0.717, 1.165) is 24.6 Å². The van der Waals surface area contributed by atoms with Crippen LogP contribution in [0.5, 0.6) is 0 Å². The van der Waals surface area contributed by atoms with Crippen molar-refractivity contribution in [1.29, 1.82) is 0 Å². The van der Waals surface area contributed by atoms with Gasteiger partial charge in [0.2, 0.25) is 0 Å². The van der Waals surface area contributed by atoms with E-state index in [-0.39, 0.29) is 6.03 Å². The molecule has 0 aliphatic heterocycles. The lowest BCUT2D eigenvalue weighted by molar-refractivity contribution is 0.250. The Balaban J connectivity index is 1.65.